The van der Waals surface area contributed by atoms with Crippen LogP contribution in [0.2, 0.25) is 0 Å². The molecule has 0 aliphatic carbocycles. The van der Waals surface area contributed by atoms with Gasteiger partial charge in [-0.25, -0.2) is 12.8 Å². The monoisotopic (exact) mass is 282 g/mol. The molecule has 4 nitrogen and oxygen atoms in total. The van der Waals surface area contributed by atoms with E-state index in [1.54, 1.807) is 13.8 Å². The van der Waals surface area contributed by atoms with E-state index >= 15 is 0 Å². The molecular weight excluding hydrogens is 271 g/mol. The van der Waals surface area contributed by atoms with Crippen molar-refractivity contribution in [2.24, 2.45) is 0 Å². The standard InChI is InChI=1S/C10H12ClFO4S/c1-3-15-7-5-6-8(17(11,13)14)9(12)10(7)16-4-2/h5-6H,3-4H2,1-2H3. The van der Waals surface area contributed by atoms with Gasteiger partial charge in [-0.15, -0.1) is 0 Å². The summed E-state index contributed by atoms with van der Waals surface area (Å²) >= 11 is 0. The third-order valence-corrected chi connectivity index (χ3v) is 3.22. The lowest BCUT2D eigenvalue weighted by Gasteiger charge is -2.12. The quantitative estimate of drug-likeness (QED) is 0.779. The SMILES string of the molecule is CCOc1ccc(S(=O)(=O)Cl)c(F)c1OCC. The minimum Gasteiger partial charge on any atom is -0.490 e. The molecule has 0 N–H and O–H groups in total. The molecule has 0 aliphatic heterocycles. The van der Waals surface area contributed by atoms with Gasteiger partial charge in [0.2, 0.25) is 0 Å². The first-order chi connectivity index (χ1) is 7.91. The first-order valence-corrected chi connectivity index (χ1v) is 7.25. The number of benzene rings is 1. The van der Waals surface area contributed by atoms with E-state index in [4.69, 9.17) is 20.2 Å². The highest BCUT2D eigenvalue weighted by molar-refractivity contribution is 8.13. The van der Waals surface area contributed by atoms with E-state index in [0.717, 1.165) is 6.07 Å². The fourth-order valence-electron chi connectivity index (χ4n) is 1.26. The van der Waals surface area contributed by atoms with E-state index in [2.05, 4.69) is 0 Å². The van der Waals surface area contributed by atoms with Gasteiger partial charge in [0.15, 0.2) is 17.3 Å². The van der Waals surface area contributed by atoms with E-state index in [0.29, 0.717) is 6.61 Å². The van der Waals surface area contributed by atoms with Gasteiger partial charge in [0.25, 0.3) is 9.05 Å². The Kier molecular flexibility index (Phi) is 4.59. The lowest BCUT2D eigenvalue weighted by Crippen LogP contribution is -2.04. The second-order valence-electron chi connectivity index (χ2n) is 3.01. The largest absolute Gasteiger partial charge is 0.490 e. The molecule has 0 bridgehead atoms. The molecule has 0 spiro atoms. The van der Waals surface area contributed by atoms with Crippen molar-refractivity contribution in [3.8, 4) is 11.5 Å². The van der Waals surface area contributed by atoms with Gasteiger partial charge in [-0.2, -0.15) is 0 Å². The molecule has 0 radical (unpaired) electrons. The molecule has 0 heterocycles. The van der Waals surface area contributed by atoms with Gasteiger partial charge in [0.1, 0.15) is 4.90 Å². The summed E-state index contributed by atoms with van der Waals surface area (Å²) < 4.78 is 46.3. The van der Waals surface area contributed by atoms with Crippen LogP contribution < -0.4 is 9.47 Å². The Morgan fingerprint density at radius 1 is 1.24 bits per heavy atom. The second-order valence-corrected chi connectivity index (χ2v) is 5.54. The summed E-state index contributed by atoms with van der Waals surface area (Å²) in [5, 5.41) is 0. The average Bonchev–Trinajstić information content (AvgIpc) is 2.22. The van der Waals surface area contributed by atoms with Crippen LogP contribution in [0.25, 0.3) is 0 Å². The van der Waals surface area contributed by atoms with Gasteiger partial charge in [-0.3, -0.25) is 0 Å². The smallest absolute Gasteiger partial charge is 0.264 e. The number of hydrogen-bond donors (Lipinski definition) is 0. The molecular formula is C10H12ClFO4S. The zero-order valence-corrected chi connectivity index (χ0v) is 10.9. The third-order valence-electron chi connectivity index (χ3n) is 1.88. The predicted molar refractivity (Wildman–Crippen MR) is 61.8 cm³/mol. The number of rotatable bonds is 5. The highest BCUT2D eigenvalue weighted by atomic mass is 35.7. The van der Waals surface area contributed by atoms with Crippen molar-refractivity contribution in [3.05, 3.63) is 17.9 Å². The van der Waals surface area contributed by atoms with Crippen LogP contribution in [-0.4, -0.2) is 21.6 Å². The van der Waals surface area contributed by atoms with E-state index < -0.39 is 19.8 Å². The van der Waals surface area contributed by atoms with Gasteiger partial charge < -0.3 is 9.47 Å². The molecule has 0 saturated carbocycles. The lowest BCUT2D eigenvalue weighted by molar-refractivity contribution is 0.273. The predicted octanol–water partition coefficient (Wildman–Crippen LogP) is 2.55. The minimum atomic E-state index is -4.14. The molecule has 1 aromatic rings. The summed E-state index contributed by atoms with van der Waals surface area (Å²) in [6.45, 7) is 3.87. The van der Waals surface area contributed by atoms with Crippen LogP contribution in [0.15, 0.2) is 17.0 Å². The molecule has 17 heavy (non-hydrogen) atoms. The maximum absolute atomic E-state index is 13.9. The van der Waals surface area contributed by atoms with Crippen LogP contribution in [0.5, 0.6) is 11.5 Å². The van der Waals surface area contributed by atoms with Crippen molar-refractivity contribution in [2.45, 2.75) is 18.7 Å². The molecule has 1 aromatic carbocycles. The Bertz CT molecular complexity index is 501. The number of halogens is 2. The zero-order valence-electron chi connectivity index (χ0n) is 9.37. The van der Waals surface area contributed by atoms with Gasteiger partial charge in [0, 0.05) is 10.7 Å². The van der Waals surface area contributed by atoms with Crippen molar-refractivity contribution < 1.29 is 22.3 Å². The van der Waals surface area contributed by atoms with Crippen LogP contribution in [0.4, 0.5) is 4.39 Å². The fourth-order valence-corrected chi connectivity index (χ4v) is 2.15. The molecule has 96 valence electrons. The third kappa shape index (κ3) is 3.23. The molecule has 0 amide bonds. The maximum Gasteiger partial charge on any atom is 0.264 e. The Morgan fingerprint density at radius 2 is 1.82 bits per heavy atom. The molecule has 7 heteroatoms. The Labute approximate surface area is 104 Å². The van der Waals surface area contributed by atoms with Gasteiger partial charge in [-0.1, -0.05) is 0 Å². The highest BCUT2D eigenvalue weighted by Crippen LogP contribution is 2.35. The number of ether oxygens (including phenoxy) is 2. The maximum atomic E-state index is 13.9. The Balaban J connectivity index is 3.38. The van der Waals surface area contributed by atoms with Crippen LogP contribution in [0.3, 0.4) is 0 Å². The topological polar surface area (TPSA) is 52.6 Å². The first-order valence-electron chi connectivity index (χ1n) is 4.94. The average molecular weight is 283 g/mol. The van der Waals surface area contributed by atoms with E-state index in [1.165, 1.54) is 6.07 Å². The molecule has 0 aliphatic rings. The Hall–Kier alpha value is -1.01. The summed E-state index contributed by atoms with van der Waals surface area (Å²) in [4.78, 5) is -0.619. The van der Waals surface area contributed by atoms with E-state index in [9.17, 15) is 12.8 Å². The molecule has 1 rings (SSSR count). The van der Waals surface area contributed by atoms with Crippen molar-refractivity contribution in [1.29, 1.82) is 0 Å². The summed E-state index contributed by atoms with van der Waals surface area (Å²) in [5.74, 6) is -1.13. The van der Waals surface area contributed by atoms with Crippen molar-refractivity contribution in [2.75, 3.05) is 13.2 Å². The summed E-state index contributed by atoms with van der Waals surface area (Å²) in [6, 6.07) is 2.36. The molecule has 0 unspecified atom stereocenters. The fraction of sp³-hybridized carbons (Fsp3) is 0.400. The summed E-state index contributed by atoms with van der Waals surface area (Å²) in [6.07, 6.45) is 0. The van der Waals surface area contributed by atoms with E-state index in [1.807, 2.05) is 0 Å². The second kappa shape index (κ2) is 5.55. The molecule has 0 aromatic heterocycles. The van der Waals surface area contributed by atoms with Crippen LogP contribution >= 0.6 is 10.7 Å². The van der Waals surface area contributed by atoms with Crippen molar-refractivity contribution in [1.82, 2.24) is 0 Å². The lowest BCUT2D eigenvalue weighted by atomic mass is 10.3. The summed E-state index contributed by atoms with van der Waals surface area (Å²) in [7, 11) is 0.957. The van der Waals surface area contributed by atoms with Crippen molar-refractivity contribution in [3.63, 3.8) is 0 Å². The number of hydrogen-bond acceptors (Lipinski definition) is 4. The van der Waals surface area contributed by atoms with E-state index in [-0.39, 0.29) is 18.1 Å². The van der Waals surface area contributed by atoms with Gasteiger partial charge >= 0.3 is 0 Å². The molecule has 0 fully saturated rings. The highest BCUT2D eigenvalue weighted by Gasteiger charge is 2.23. The summed E-state index contributed by atoms with van der Waals surface area (Å²) in [5.41, 5.74) is 0. The van der Waals surface area contributed by atoms with Gasteiger partial charge in [-0.05, 0) is 26.0 Å². The molecule has 0 saturated heterocycles. The zero-order chi connectivity index (χ0) is 13.1. The normalized spacial score (nSPS) is 11.3. The van der Waals surface area contributed by atoms with Crippen molar-refractivity contribution >= 4 is 19.7 Å². The minimum absolute atomic E-state index is 0.149. The van der Waals surface area contributed by atoms with Crippen LogP contribution in [-0.2, 0) is 9.05 Å². The van der Waals surface area contributed by atoms with Crippen LogP contribution in [0, 0.1) is 5.82 Å². The van der Waals surface area contributed by atoms with Gasteiger partial charge in [0.05, 0.1) is 13.2 Å². The van der Waals surface area contributed by atoms with Crippen LogP contribution in [0.1, 0.15) is 13.8 Å². The Morgan fingerprint density at radius 3 is 2.29 bits per heavy atom. The first kappa shape index (κ1) is 14.1. The molecule has 0 atom stereocenters.